The normalized spacial score (nSPS) is 20.3. The highest BCUT2D eigenvalue weighted by molar-refractivity contribution is 6.00. The summed E-state index contributed by atoms with van der Waals surface area (Å²) < 4.78 is 11.5. The van der Waals surface area contributed by atoms with Crippen LogP contribution in [0.1, 0.15) is 47.2 Å². The second kappa shape index (κ2) is 5.24. The Labute approximate surface area is 125 Å². The van der Waals surface area contributed by atoms with Crippen LogP contribution in [0.4, 0.5) is 0 Å². The Morgan fingerprint density at radius 2 is 1.76 bits per heavy atom. The lowest BCUT2D eigenvalue weighted by Gasteiger charge is -2.22. The molecule has 1 saturated heterocycles. The van der Waals surface area contributed by atoms with Crippen LogP contribution in [0.5, 0.6) is 11.5 Å². The molecule has 0 aliphatic carbocycles. The number of amides is 1. The lowest BCUT2D eigenvalue weighted by atomic mass is 9.98. The molecule has 3 aliphatic heterocycles. The molecule has 0 saturated carbocycles. The standard InChI is InChI=1S/C17H21NO3/c19-17(18-7-3-1-2-4-8-18)15-13-6-10-20-14(13)11-12-5-9-21-16(12)15/h11H,1-10H2. The molecule has 4 rings (SSSR count). The molecule has 4 heteroatoms. The van der Waals surface area contributed by atoms with Crippen LogP contribution in [0.3, 0.4) is 0 Å². The van der Waals surface area contributed by atoms with E-state index in [1.54, 1.807) is 0 Å². The zero-order chi connectivity index (χ0) is 14.2. The Kier molecular flexibility index (Phi) is 3.24. The van der Waals surface area contributed by atoms with E-state index in [9.17, 15) is 4.79 Å². The van der Waals surface area contributed by atoms with Crippen molar-refractivity contribution in [2.24, 2.45) is 0 Å². The average Bonchev–Trinajstić information content (AvgIpc) is 3.05. The van der Waals surface area contributed by atoms with Gasteiger partial charge in [0.15, 0.2) is 0 Å². The summed E-state index contributed by atoms with van der Waals surface area (Å²) in [5.74, 6) is 1.88. The first-order valence-corrected chi connectivity index (χ1v) is 8.08. The minimum atomic E-state index is 0.150. The van der Waals surface area contributed by atoms with Crippen molar-refractivity contribution in [3.63, 3.8) is 0 Å². The molecule has 112 valence electrons. The molecule has 3 heterocycles. The van der Waals surface area contributed by atoms with Crippen molar-refractivity contribution in [2.75, 3.05) is 26.3 Å². The first-order valence-electron chi connectivity index (χ1n) is 8.08. The van der Waals surface area contributed by atoms with Crippen molar-refractivity contribution in [1.29, 1.82) is 0 Å². The molecular weight excluding hydrogens is 266 g/mol. The van der Waals surface area contributed by atoms with E-state index in [0.29, 0.717) is 13.2 Å². The zero-order valence-electron chi connectivity index (χ0n) is 12.3. The molecule has 1 amide bonds. The highest BCUT2D eigenvalue weighted by Gasteiger charge is 2.32. The maximum absolute atomic E-state index is 13.1. The monoisotopic (exact) mass is 287 g/mol. The van der Waals surface area contributed by atoms with Crippen molar-refractivity contribution in [2.45, 2.75) is 38.5 Å². The van der Waals surface area contributed by atoms with Gasteiger partial charge in [-0.25, -0.2) is 0 Å². The van der Waals surface area contributed by atoms with Crippen LogP contribution in [-0.4, -0.2) is 37.1 Å². The summed E-state index contributed by atoms with van der Waals surface area (Å²) in [4.78, 5) is 15.1. The molecule has 0 unspecified atom stereocenters. The molecule has 1 aromatic carbocycles. The van der Waals surface area contributed by atoms with Gasteiger partial charge in [0.25, 0.3) is 5.91 Å². The molecule has 0 aromatic heterocycles. The molecule has 0 N–H and O–H groups in total. The first kappa shape index (κ1) is 13.0. The Bertz CT molecular complexity index is 542. The molecule has 1 fully saturated rings. The van der Waals surface area contributed by atoms with E-state index in [2.05, 4.69) is 6.07 Å². The molecule has 4 nitrogen and oxygen atoms in total. The summed E-state index contributed by atoms with van der Waals surface area (Å²) in [5.41, 5.74) is 2.98. The second-order valence-electron chi connectivity index (χ2n) is 6.12. The quantitative estimate of drug-likeness (QED) is 0.797. The van der Waals surface area contributed by atoms with E-state index >= 15 is 0 Å². The number of hydrogen-bond donors (Lipinski definition) is 0. The molecule has 0 bridgehead atoms. The third kappa shape index (κ3) is 2.17. The van der Waals surface area contributed by atoms with Crippen LogP contribution in [0.15, 0.2) is 6.07 Å². The Balaban J connectivity index is 1.75. The molecule has 21 heavy (non-hydrogen) atoms. The number of hydrogen-bond acceptors (Lipinski definition) is 3. The Morgan fingerprint density at radius 3 is 2.57 bits per heavy atom. The Hall–Kier alpha value is -1.71. The minimum absolute atomic E-state index is 0.150. The fraction of sp³-hybridized carbons (Fsp3) is 0.588. The van der Waals surface area contributed by atoms with E-state index < -0.39 is 0 Å². The smallest absolute Gasteiger partial charge is 0.258 e. The summed E-state index contributed by atoms with van der Waals surface area (Å²) in [6, 6.07) is 2.07. The number of rotatable bonds is 1. The van der Waals surface area contributed by atoms with Crippen LogP contribution in [0.25, 0.3) is 0 Å². The summed E-state index contributed by atoms with van der Waals surface area (Å²) in [5, 5.41) is 0. The van der Waals surface area contributed by atoms with Crippen molar-refractivity contribution in [3.8, 4) is 11.5 Å². The lowest BCUT2D eigenvalue weighted by molar-refractivity contribution is 0.0757. The maximum Gasteiger partial charge on any atom is 0.258 e. The summed E-state index contributed by atoms with van der Waals surface area (Å²) >= 11 is 0. The second-order valence-corrected chi connectivity index (χ2v) is 6.12. The average molecular weight is 287 g/mol. The van der Waals surface area contributed by atoms with Crippen LogP contribution >= 0.6 is 0 Å². The SMILES string of the molecule is O=C(c1c2c(cc3c1OCC3)OCC2)N1CCCCCC1. The van der Waals surface area contributed by atoms with Crippen molar-refractivity contribution in [1.82, 2.24) is 4.90 Å². The van der Waals surface area contributed by atoms with Crippen molar-refractivity contribution in [3.05, 3.63) is 22.8 Å². The highest BCUT2D eigenvalue weighted by atomic mass is 16.5. The number of nitrogens with zero attached hydrogens (tertiary/aromatic N) is 1. The molecule has 0 atom stereocenters. The first-order chi connectivity index (χ1) is 10.3. The number of ether oxygens (including phenoxy) is 2. The van der Waals surface area contributed by atoms with Crippen LogP contribution in [-0.2, 0) is 12.8 Å². The van der Waals surface area contributed by atoms with Crippen LogP contribution in [0, 0.1) is 0 Å². The third-order valence-electron chi connectivity index (χ3n) is 4.76. The van der Waals surface area contributed by atoms with E-state index in [0.717, 1.165) is 67.0 Å². The molecule has 0 spiro atoms. The van der Waals surface area contributed by atoms with Gasteiger partial charge in [0, 0.05) is 37.1 Å². The van der Waals surface area contributed by atoms with Gasteiger partial charge in [-0.2, -0.15) is 0 Å². The number of likely N-dealkylation sites (tertiary alicyclic amines) is 1. The van der Waals surface area contributed by atoms with Crippen molar-refractivity contribution >= 4 is 5.91 Å². The molecular formula is C17H21NO3. The van der Waals surface area contributed by atoms with Gasteiger partial charge in [0.1, 0.15) is 11.5 Å². The van der Waals surface area contributed by atoms with Gasteiger partial charge in [-0.1, -0.05) is 12.8 Å². The summed E-state index contributed by atoms with van der Waals surface area (Å²) in [7, 11) is 0. The predicted octanol–water partition coefficient (Wildman–Crippen LogP) is 2.57. The number of carbonyl (C=O) groups excluding carboxylic acids is 1. The van der Waals surface area contributed by atoms with E-state index in [1.807, 2.05) is 4.90 Å². The number of carbonyl (C=O) groups is 1. The van der Waals surface area contributed by atoms with Gasteiger partial charge in [-0.05, 0) is 18.9 Å². The summed E-state index contributed by atoms with van der Waals surface area (Å²) in [6.07, 6.45) is 6.39. The van der Waals surface area contributed by atoms with Gasteiger partial charge in [0.2, 0.25) is 0 Å². The number of fused-ring (bicyclic) bond motifs is 2. The van der Waals surface area contributed by atoms with Crippen molar-refractivity contribution < 1.29 is 14.3 Å². The predicted molar refractivity (Wildman–Crippen MR) is 79.2 cm³/mol. The Morgan fingerprint density at radius 1 is 1.00 bits per heavy atom. The minimum Gasteiger partial charge on any atom is -0.493 e. The van der Waals surface area contributed by atoms with Gasteiger partial charge in [0.05, 0.1) is 18.8 Å². The summed E-state index contributed by atoms with van der Waals surface area (Å²) in [6.45, 7) is 3.10. The maximum atomic E-state index is 13.1. The number of benzene rings is 1. The van der Waals surface area contributed by atoms with Gasteiger partial charge in [-0.3, -0.25) is 4.79 Å². The molecule has 3 aliphatic rings. The van der Waals surface area contributed by atoms with E-state index in [-0.39, 0.29) is 5.91 Å². The van der Waals surface area contributed by atoms with Gasteiger partial charge < -0.3 is 14.4 Å². The fourth-order valence-electron chi connectivity index (χ4n) is 3.64. The largest absolute Gasteiger partial charge is 0.493 e. The fourth-order valence-corrected chi connectivity index (χ4v) is 3.64. The zero-order valence-corrected chi connectivity index (χ0v) is 12.3. The van der Waals surface area contributed by atoms with E-state index in [4.69, 9.17) is 9.47 Å². The van der Waals surface area contributed by atoms with Gasteiger partial charge in [-0.15, -0.1) is 0 Å². The van der Waals surface area contributed by atoms with E-state index in [1.165, 1.54) is 12.8 Å². The van der Waals surface area contributed by atoms with Crippen LogP contribution < -0.4 is 9.47 Å². The highest BCUT2D eigenvalue weighted by Crippen LogP contribution is 2.41. The third-order valence-corrected chi connectivity index (χ3v) is 4.76. The van der Waals surface area contributed by atoms with Gasteiger partial charge >= 0.3 is 0 Å². The molecule has 0 radical (unpaired) electrons. The molecule has 1 aromatic rings. The topological polar surface area (TPSA) is 38.8 Å². The lowest BCUT2D eigenvalue weighted by Crippen LogP contribution is -2.32. The van der Waals surface area contributed by atoms with Crippen LogP contribution in [0.2, 0.25) is 0 Å².